The summed E-state index contributed by atoms with van der Waals surface area (Å²) in [6.07, 6.45) is 1.39. The van der Waals surface area contributed by atoms with Gasteiger partial charge in [0.2, 0.25) is 0 Å². The van der Waals surface area contributed by atoms with Crippen LogP contribution >= 0.6 is 0 Å². The van der Waals surface area contributed by atoms with Crippen molar-refractivity contribution in [2.24, 2.45) is 11.0 Å². The molecule has 1 aromatic heterocycles. The Bertz CT molecular complexity index is 1240. The third-order valence-electron chi connectivity index (χ3n) is 6.47. The number of hydrazone groups is 1. The molecule has 8 heteroatoms. The molecule has 2 aromatic carbocycles. The van der Waals surface area contributed by atoms with E-state index in [0.29, 0.717) is 23.2 Å². The molecule has 0 saturated carbocycles. The molecule has 3 aromatic rings. The lowest BCUT2D eigenvalue weighted by Crippen LogP contribution is -2.38. The average Bonchev–Trinajstić information content (AvgIpc) is 2.90. The number of benzene rings is 2. The maximum atomic E-state index is 13.4. The van der Waals surface area contributed by atoms with Crippen LogP contribution in [0.5, 0.6) is 5.75 Å². The van der Waals surface area contributed by atoms with Crippen LogP contribution in [0.3, 0.4) is 0 Å². The lowest BCUT2D eigenvalue weighted by molar-refractivity contribution is 0.171. The van der Waals surface area contributed by atoms with E-state index in [9.17, 15) is 14.7 Å². The van der Waals surface area contributed by atoms with Gasteiger partial charge in [0.1, 0.15) is 11.3 Å². The van der Waals surface area contributed by atoms with E-state index in [1.54, 1.807) is 24.3 Å². The Labute approximate surface area is 211 Å². The minimum Gasteiger partial charge on any atom is -0.507 e. The average molecular weight is 494 g/mol. The zero-order chi connectivity index (χ0) is 26.1. The first-order valence-electron chi connectivity index (χ1n) is 12.3. The quantitative estimate of drug-likeness (QED) is 0.219. The second-order valence-electron chi connectivity index (χ2n) is 8.75. The number of hydrogen-bond acceptors (Lipinski definition) is 7. The van der Waals surface area contributed by atoms with Gasteiger partial charge in [-0.15, -0.1) is 0 Å². The number of carbonyl (C=O) groups excluding carboxylic acids is 1. The number of rotatable bonds is 11. The molecular formula is C28H35N3O5. The molecule has 0 aliphatic heterocycles. The summed E-state index contributed by atoms with van der Waals surface area (Å²) in [5.74, 6) is -1.05. The minimum atomic E-state index is -0.684. The summed E-state index contributed by atoms with van der Waals surface area (Å²) in [5, 5.41) is 16.2. The van der Waals surface area contributed by atoms with Crippen LogP contribution in [0.2, 0.25) is 0 Å². The van der Waals surface area contributed by atoms with E-state index in [2.05, 4.69) is 34.0 Å². The standard InChI is InChI=1S/C28H35N3O5/c1-5-7-17-31(6-2)18-22(19(3)29-30-28(34)35-4)24(20-13-9-8-10-14-20)25-26(32)21-15-11-12-16-23(21)36-27(25)33/h8-16,22,24,32H,5-7,17-18H2,1-4H3,(H,30,34)/b29-19-/t22-,24+/m1/s1. The molecule has 3 rings (SSSR count). The summed E-state index contributed by atoms with van der Waals surface area (Å²) in [6, 6.07) is 16.5. The fraction of sp³-hybridized carbons (Fsp3) is 0.393. The number of fused-ring (bicyclic) bond motifs is 1. The third-order valence-corrected chi connectivity index (χ3v) is 6.47. The molecule has 1 heterocycles. The van der Waals surface area contributed by atoms with Crippen molar-refractivity contribution in [3.8, 4) is 5.75 Å². The zero-order valence-electron chi connectivity index (χ0n) is 21.4. The fourth-order valence-electron chi connectivity index (χ4n) is 4.46. The first-order valence-corrected chi connectivity index (χ1v) is 12.3. The molecule has 0 bridgehead atoms. The zero-order valence-corrected chi connectivity index (χ0v) is 21.4. The van der Waals surface area contributed by atoms with Gasteiger partial charge >= 0.3 is 11.7 Å². The smallest absolute Gasteiger partial charge is 0.427 e. The van der Waals surface area contributed by atoms with E-state index in [1.165, 1.54) is 7.11 Å². The fourth-order valence-corrected chi connectivity index (χ4v) is 4.46. The number of para-hydroxylation sites is 1. The lowest BCUT2D eigenvalue weighted by Gasteiger charge is -2.32. The molecule has 0 radical (unpaired) electrons. The largest absolute Gasteiger partial charge is 0.507 e. The molecule has 0 fully saturated rings. The van der Waals surface area contributed by atoms with Crippen molar-refractivity contribution in [3.63, 3.8) is 0 Å². The SMILES string of the molecule is CCCCN(CC)C[C@H](/C(C)=N\NC(=O)OC)[C@H](c1ccccc1)c1c(O)c2ccccc2oc1=O. The molecule has 8 nitrogen and oxygen atoms in total. The van der Waals surface area contributed by atoms with Crippen molar-refractivity contribution in [2.45, 2.75) is 39.5 Å². The van der Waals surface area contributed by atoms with Gasteiger partial charge in [0, 0.05) is 24.1 Å². The van der Waals surface area contributed by atoms with Crippen molar-refractivity contribution in [3.05, 3.63) is 76.1 Å². The molecule has 1 amide bonds. The van der Waals surface area contributed by atoms with Crippen LogP contribution in [0.4, 0.5) is 4.79 Å². The number of ether oxygens (including phenoxy) is 1. The van der Waals surface area contributed by atoms with Gasteiger partial charge in [-0.3, -0.25) is 0 Å². The summed E-state index contributed by atoms with van der Waals surface area (Å²) >= 11 is 0. The van der Waals surface area contributed by atoms with Gasteiger partial charge in [-0.2, -0.15) is 5.10 Å². The van der Waals surface area contributed by atoms with Crippen molar-refractivity contribution in [1.29, 1.82) is 0 Å². The Morgan fingerprint density at radius 1 is 1.14 bits per heavy atom. The second-order valence-corrected chi connectivity index (χ2v) is 8.75. The third kappa shape index (κ3) is 6.31. The highest BCUT2D eigenvalue weighted by Gasteiger charge is 2.34. The number of carbonyl (C=O) groups is 1. The maximum absolute atomic E-state index is 13.4. The predicted octanol–water partition coefficient (Wildman–Crippen LogP) is 5.10. The van der Waals surface area contributed by atoms with E-state index in [1.807, 2.05) is 37.3 Å². The first kappa shape index (κ1) is 26.9. The molecule has 2 atom stereocenters. The van der Waals surface area contributed by atoms with Crippen molar-refractivity contribution in [2.75, 3.05) is 26.7 Å². The summed E-state index contributed by atoms with van der Waals surface area (Å²) < 4.78 is 10.3. The Hall–Kier alpha value is -3.65. The molecule has 0 aliphatic rings. The molecule has 192 valence electrons. The van der Waals surface area contributed by atoms with Crippen LogP contribution in [0.1, 0.15) is 50.7 Å². The monoisotopic (exact) mass is 493 g/mol. The van der Waals surface area contributed by atoms with Gasteiger partial charge < -0.3 is 19.2 Å². The molecule has 0 unspecified atom stereocenters. The van der Waals surface area contributed by atoms with Crippen LogP contribution < -0.4 is 11.1 Å². The minimum absolute atomic E-state index is 0.106. The van der Waals surface area contributed by atoms with Crippen LogP contribution in [0.25, 0.3) is 11.0 Å². The normalized spacial score (nSPS) is 13.5. The number of hydrogen-bond donors (Lipinski definition) is 2. The maximum Gasteiger partial charge on any atom is 0.427 e. The van der Waals surface area contributed by atoms with Gasteiger partial charge in [-0.1, -0.05) is 62.7 Å². The Morgan fingerprint density at radius 3 is 2.50 bits per heavy atom. The number of aromatic hydroxyl groups is 1. The van der Waals surface area contributed by atoms with Crippen molar-refractivity contribution >= 4 is 22.8 Å². The molecule has 2 N–H and O–H groups in total. The van der Waals surface area contributed by atoms with E-state index < -0.39 is 17.6 Å². The number of methoxy groups -OCH3 is 1. The van der Waals surface area contributed by atoms with Gasteiger partial charge in [0.25, 0.3) is 0 Å². The number of nitrogens with one attached hydrogen (secondary N) is 1. The highest BCUT2D eigenvalue weighted by atomic mass is 16.5. The molecule has 0 saturated heterocycles. The summed E-state index contributed by atoms with van der Waals surface area (Å²) in [5.41, 5.74) is 3.73. The van der Waals surface area contributed by atoms with Crippen LogP contribution in [0, 0.1) is 5.92 Å². The van der Waals surface area contributed by atoms with Crippen LogP contribution in [0.15, 0.2) is 68.9 Å². The summed E-state index contributed by atoms with van der Waals surface area (Å²) in [7, 11) is 1.27. The predicted molar refractivity (Wildman–Crippen MR) is 142 cm³/mol. The Kier molecular flexibility index (Phi) is 9.64. The first-order chi connectivity index (χ1) is 17.4. The van der Waals surface area contributed by atoms with Crippen LogP contribution in [-0.4, -0.2) is 48.6 Å². The molecule has 0 aliphatic carbocycles. The highest BCUT2D eigenvalue weighted by molar-refractivity contribution is 5.88. The van der Waals surface area contributed by atoms with Crippen LogP contribution in [-0.2, 0) is 4.74 Å². The highest BCUT2D eigenvalue weighted by Crippen LogP contribution is 2.39. The Morgan fingerprint density at radius 2 is 1.83 bits per heavy atom. The van der Waals surface area contributed by atoms with Gasteiger partial charge in [0.15, 0.2) is 0 Å². The van der Waals surface area contributed by atoms with E-state index >= 15 is 0 Å². The molecule has 36 heavy (non-hydrogen) atoms. The van der Waals surface area contributed by atoms with Gasteiger partial charge in [0.05, 0.1) is 18.1 Å². The number of nitrogens with zero attached hydrogens (tertiary/aromatic N) is 2. The van der Waals surface area contributed by atoms with Crippen molar-refractivity contribution in [1.82, 2.24) is 10.3 Å². The molecular weight excluding hydrogens is 458 g/mol. The number of unbranched alkanes of at least 4 members (excludes halogenated alkanes) is 1. The second kappa shape index (κ2) is 12.9. The Balaban J connectivity index is 2.23. The van der Waals surface area contributed by atoms with E-state index in [0.717, 1.165) is 31.5 Å². The summed E-state index contributed by atoms with van der Waals surface area (Å²) in [6.45, 7) is 8.27. The number of amides is 1. The van der Waals surface area contributed by atoms with E-state index in [4.69, 9.17) is 4.42 Å². The van der Waals surface area contributed by atoms with Gasteiger partial charge in [-0.05, 0) is 44.1 Å². The van der Waals surface area contributed by atoms with E-state index in [-0.39, 0.29) is 17.2 Å². The topological polar surface area (TPSA) is 104 Å². The van der Waals surface area contributed by atoms with Gasteiger partial charge in [-0.25, -0.2) is 15.0 Å². The summed E-state index contributed by atoms with van der Waals surface area (Å²) in [4.78, 5) is 27.4. The lowest BCUT2D eigenvalue weighted by atomic mass is 9.78. The molecule has 0 spiro atoms. The van der Waals surface area contributed by atoms with Crippen molar-refractivity contribution < 1.29 is 19.1 Å².